The molecule has 0 saturated heterocycles. The lowest BCUT2D eigenvalue weighted by Gasteiger charge is -2.10. The summed E-state index contributed by atoms with van der Waals surface area (Å²) >= 11 is 0. The maximum absolute atomic E-state index is 12.8. The van der Waals surface area contributed by atoms with Crippen LogP contribution < -0.4 is 4.74 Å². The number of halogens is 3. The Morgan fingerprint density at radius 2 is 1.89 bits per heavy atom. The highest BCUT2D eigenvalue weighted by Crippen LogP contribution is 2.30. The van der Waals surface area contributed by atoms with Crippen molar-refractivity contribution >= 4 is 15.5 Å². The average Bonchev–Trinajstić information content (AvgIpc) is 3.05. The van der Waals surface area contributed by atoms with E-state index in [0.717, 1.165) is 10.6 Å². The van der Waals surface area contributed by atoms with Crippen LogP contribution in [0.15, 0.2) is 35.4 Å². The third-order valence-corrected chi connectivity index (χ3v) is 5.46. The van der Waals surface area contributed by atoms with Crippen molar-refractivity contribution < 1.29 is 26.3 Å². The van der Waals surface area contributed by atoms with Crippen LogP contribution in [-0.4, -0.2) is 40.4 Å². The van der Waals surface area contributed by atoms with E-state index in [4.69, 9.17) is 4.74 Å². The highest BCUT2D eigenvalue weighted by Gasteiger charge is 2.34. The summed E-state index contributed by atoms with van der Waals surface area (Å²) in [5.41, 5.74) is -1.06. The first kappa shape index (κ1) is 19.1. The number of alkyl halides is 3. The Kier molecular flexibility index (Phi) is 4.81. The fraction of sp³-hybridized carbons (Fsp3) is 0.312. The molecule has 11 heteroatoms. The SMILES string of the molecule is CCOc1ccc(S(=O)(=O)CC)c(-c2ccn3nc(C(F)(F)F)cc3n2)n1. The summed E-state index contributed by atoms with van der Waals surface area (Å²) in [6.07, 6.45) is -3.35. The molecule has 0 aliphatic rings. The van der Waals surface area contributed by atoms with Crippen molar-refractivity contribution in [3.63, 3.8) is 0 Å². The number of nitrogens with zero attached hydrogens (tertiary/aromatic N) is 4. The molecule has 3 aromatic heterocycles. The minimum Gasteiger partial charge on any atom is -0.478 e. The second-order valence-electron chi connectivity index (χ2n) is 5.48. The Balaban J connectivity index is 2.20. The van der Waals surface area contributed by atoms with Gasteiger partial charge in [0.1, 0.15) is 5.69 Å². The van der Waals surface area contributed by atoms with Crippen LogP contribution in [-0.2, 0) is 16.0 Å². The maximum atomic E-state index is 12.8. The predicted molar refractivity (Wildman–Crippen MR) is 90.1 cm³/mol. The van der Waals surface area contributed by atoms with Gasteiger partial charge in [0.2, 0.25) is 5.88 Å². The molecule has 0 radical (unpaired) electrons. The van der Waals surface area contributed by atoms with Gasteiger partial charge in [-0.2, -0.15) is 18.3 Å². The standard InChI is InChI=1S/C16H15F3N4O3S/c1-3-26-14-6-5-11(27(24,25)4-2)15(21-14)10-7-8-23-13(20-10)9-12(22-23)16(17,18)19/h5-9H,3-4H2,1-2H3. The van der Waals surface area contributed by atoms with Crippen LogP contribution >= 0.6 is 0 Å². The normalized spacial score (nSPS) is 12.5. The lowest BCUT2D eigenvalue weighted by atomic mass is 10.2. The zero-order chi connectivity index (χ0) is 19.8. The van der Waals surface area contributed by atoms with Crippen LogP contribution in [0.1, 0.15) is 19.5 Å². The summed E-state index contributed by atoms with van der Waals surface area (Å²) in [5, 5.41) is 3.42. The number of ether oxygens (including phenoxy) is 1. The highest BCUT2D eigenvalue weighted by molar-refractivity contribution is 7.91. The lowest BCUT2D eigenvalue weighted by molar-refractivity contribution is -0.141. The molecule has 0 aliphatic heterocycles. The van der Waals surface area contributed by atoms with E-state index < -0.39 is 21.7 Å². The van der Waals surface area contributed by atoms with Crippen LogP contribution in [0.4, 0.5) is 13.2 Å². The Labute approximate surface area is 152 Å². The lowest BCUT2D eigenvalue weighted by Crippen LogP contribution is -2.08. The molecule has 0 saturated carbocycles. The Bertz CT molecular complexity index is 1090. The van der Waals surface area contributed by atoms with Gasteiger partial charge in [0.15, 0.2) is 21.2 Å². The van der Waals surface area contributed by atoms with E-state index >= 15 is 0 Å². The van der Waals surface area contributed by atoms with Gasteiger partial charge in [-0.1, -0.05) is 6.92 Å². The van der Waals surface area contributed by atoms with Gasteiger partial charge in [0, 0.05) is 18.3 Å². The summed E-state index contributed by atoms with van der Waals surface area (Å²) in [5.74, 6) is 0.0247. The van der Waals surface area contributed by atoms with Crippen molar-refractivity contribution in [2.45, 2.75) is 24.9 Å². The summed E-state index contributed by atoms with van der Waals surface area (Å²) < 4.78 is 69.6. The van der Waals surface area contributed by atoms with Crippen LogP contribution in [0.25, 0.3) is 17.0 Å². The second-order valence-corrected chi connectivity index (χ2v) is 7.72. The number of rotatable bonds is 5. The minimum absolute atomic E-state index is 0.0139. The van der Waals surface area contributed by atoms with E-state index in [1.54, 1.807) is 6.92 Å². The van der Waals surface area contributed by atoms with E-state index in [9.17, 15) is 21.6 Å². The van der Waals surface area contributed by atoms with Crippen molar-refractivity contribution in [1.82, 2.24) is 19.6 Å². The molecule has 3 rings (SSSR count). The van der Waals surface area contributed by atoms with Crippen molar-refractivity contribution in [1.29, 1.82) is 0 Å². The van der Waals surface area contributed by atoms with Gasteiger partial charge in [-0.3, -0.25) is 0 Å². The van der Waals surface area contributed by atoms with Crippen LogP contribution in [0.3, 0.4) is 0 Å². The summed E-state index contributed by atoms with van der Waals surface area (Å²) in [4.78, 5) is 8.23. The number of pyridine rings is 1. The Morgan fingerprint density at radius 1 is 1.15 bits per heavy atom. The predicted octanol–water partition coefficient (Wildman–Crippen LogP) is 3.00. The van der Waals surface area contributed by atoms with Crippen molar-refractivity contribution in [3.8, 4) is 17.3 Å². The third kappa shape index (κ3) is 3.72. The van der Waals surface area contributed by atoms with Crippen molar-refractivity contribution in [3.05, 3.63) is 36.2 Å². The molecule has 0 spiro atoms. The summed E-state index contributed by atoms with van der Waals surface area (Å²) in [7, 11) is -3.64. The van der Waals surface area contributed by atoms with Crippen molar-refractivity contribution in [2.75, 3.05) is 12.4 Å². The largest absolute Gasteiger partial charge is 0.478 e. The fourth-order valence-corrected chi connectivity index (χ4v) is 3.43. The molecule has 0 atom stereocenters. The summed E-state index contributed by atoms with van der Waals surface area (Å²) in [6, 6.07) is 4.92. The molecule has 3 aromatic rings. The van der Waals surface area contributed by atoms with Crippen LogP contribution in [0.5, 0.6) is 5.88 Å². The number of hydrogen-bond acceptors (Lipinski definition) is 6. The highest BCUT2D eigenvalue weighted by atomic mass is 32.2. The first-order chi connectivity index (χ1) is 12.7. The summed E-state index contributed by atoms with van der Waals surface area (Å²) in [6.45, 7) is 3.54. The molecule has 0 fully saturated rings. The van der Waals surface area contributed by atoms with Gasteiger partial charge in [-0.15, -0.1) is 0 Å². The molecule has 0 unspecified atom stereocenters. The van der Waals surface area contributed by atoms with E-state index in [1.165, 1.54) is 31.3 Å². The monoisotopic (exact) mass is 400 g/mol. The molecule has 27 heavy (non-hydrogen) atoms. The molecule has 144 valence electrons. The Morgan fingerprint density at radius 3 is 2.52 bits per heavy atom. The third-order valence-electron chi connectivity index (χ3n) is 3.70. The first-order valence-corrected chi connectivity index (χ1v) is 9.61. The maximum Gasteiger partial charge on any atom is 0.435 e. The van der Waals surface area contributed by atoms with Crippen LogP contribution in [0.2, 0.25) is 0 Å². The zero-order valence-corrected chi connectivity index (χ0v) is 15.2. The fourth-order valence-electron chi connectivity index (χ4n) is 2.40. The van der Waals surface area contributed by atoms with Gasteiger partial charge in [0.25, 0.3) is 0 Å². The van der Waals surface area contributed by atoms with Gasteiger partial charge in [-0.25, -0.2) is 22.9 Å². The molecule has 0 aromatic carbocycles. The topological polar surface area (TPSA) is 86.5 Å². The second kappa shape index (κ2) is 6.80. The number of aromatic nitrogens is 4. The molecule has 7 nitrogen and oxygen atoms in total. The molecule has 0 aliphatic carbocycles. The minimum atomic E-state index is -4.61. The van der Waals surface area contributed by atoms with Gasteiger partial charge >= 0.3 is 6.18 Å². The van der Waals surface area contributed by atoms with Crippen molar-refractivity contribution in [2.24, 2.45) is 0 Å². The molecule has 0 amide bonds. The quantitative estimate of drug-likeness (QED) is 0.654. The molecule has 0 bridgehead atoms. The van der Waals surface area contributed by atoms with Crippen LogP contribution in [0, 0.1) is 0 Å². The number of sulfone groups is 1. The molecular formula is C16H15F3N4O3S. The van der Waals surface area contributed by atoms with Gasteiger partial charge in [0.05, 0.1) is 22.9 Å². The zero-order valence-electron chi connectivity index (χ0n) is 14.4. The van der Waals surface area contributed by atoms with Gasteiger partial charge < -0.3 is 4.74 Å². The van der Waals surface area contributed by atoms with E-state index in [-0.39, 0.29) is 33.6 Å². The van der Waals surface area contributed by atoms with E-state index in [2.05, 4.69) is 15.1 Å². The first-order valence-electron chi connectivity index (χ1n) is 7.96. The molecule has 0 N–H and O–H groups in total. The average molecular weight is 400 g/mol. The Hall–Kier alpha value is -2.69. The smallest absolute Gasteiger partial charge is 0.435 e. The van der Waals surface area contributed by atoms with E-state index in [1.807, 2.05) is 0 Å². The molecular weight excluding hydrogens is 385 g/mol. The number of hydrogen-bond donors (Lipinski definition) is 0. The van der Waals surface area contributed by atoms with E-state index in [0.29, 0.717) is 6.61 Å². The molecule has 3 heterocycles. The number of fused-ring (bicyclic) bond motifs is 1. The van der Waals surface area contributed by atoms with Gasteiger partial charge in [-0.05, 0) is 19.1 Å².